The van der Waals surface area contributed by atoms with Crippen molar-refractivity contribution in [3.05, 3.63) is 77.5 Å². The number of pyridine rings is 1. The van der Waals surface area contributed by atoms with Gasteiger partial charge >= 0.3 is 6.03 Å². The van der Waals surface area contributed by atoms with Gasteiger partial charge in [-0.25, -0.2) is 9.78 Å². The molecule has 0 radical (unpaired) electrons. The van der Waals surface area contributed by atoms with Crippen molar-refractivity contribution in [1.29, 1.82) is 0 Å². The highest BCUT2D eigenvalue weighted by molar-refractivity contribution is 5.97. The number of carbonyl (C=O) groups is 2. The zero-order valence-electron chi connectivity index (χ0n) is 18.1. The van der Waals surface area contributed by atoms with Crippen molar-refractivity contribution in [1.82, 2.24) is 9.88 Å². The smallest absolute Gasteiger partial charge is 0.322 e. The van der Waals surface area contributed by atoms with Gasteiger partial charge in [0.1, 0.15) is 12.3 Å². The van der Waals surface area contributed by atoms with Crippen molar-refractivity contribution in [3.63, 3.8) is 0 Å². The number of aryl methyl sites for hydroxylation is 3. The molecular weight excluding hydrogens is 392 g/mol. The average molecular weight is 418 g/mol. The molecule has 3 aromatic rings. The van der Waals surface area contributed by atoms with Gasteiger partial charge in [-0.15, -0.1) is 0 Å². The predicted molar refractivity (Wildman–Crippen MR) is 122 cm³/mol. The Hall–Kier alpha value is -3.87. The molecule has 0 aliphatic carbocycles. The first-order chi connectivity index (χ1) is 14.8. The minimum Gasteiger partial charge on any atom is -0.439 e. The largest absolute Gasteiger partial charge is 0.439 e. The number of urea groups is 1. The second-order valence-electron chi connectivity index (χ2n) is 7.40. The maximum atomic E-state index is 12.4. The number of carbonyl (C=O) groups excluding carboxylic acids is 2. The van der Waals surface area contributed by atoms with Gasteiger partial charge in [0.15, 0.2) is 0 Å². The van der Waals surface area contributed by atoms with Crippen molar-refractivity contribution in [2.75, 3.05) is 24.2 Å². The van der Waals surface area contributed by atoms with E-state index in [-0.39, 0.29) is 12.5 Å². The van der Waals surface area contributed by atoms with Gasteiger partial charge < -0.3 is 20.3 Å². The third kappa shape index (κ3) is 6.05. The van der Waals surface area contributed by atoms with Crippen LogP contribution in [0.2, 0.25) is 0 Å². The van der Waals surface area contributed by atoms with Crippen LogP contribution in [0.1, 0.15) is 16.7 Å². The number of benzene rings is 2. The molecule has 0 fully saturated rings. The van der Waals surface area contributed by atoms with Gasteiger partial charge in [-0.05, 0) is 50.1 Å². The SMILES string of the molecule is Cc1ccc(Oc2ccc(NC(=O)N(C)CC(=O)Nc3c(C)cccc3C)cn2)cc1. The highest BCUT2D eigenvalue weighted by Gasteiger charge is 2.15. The van der Waals surface area contributed by atoms with Crippen molar-refractivity contribution in [2.45, 2.75) is 20.8 Å². The minimum atomic E-state index is -0.411. The van der Waals surface area contributed by atoms with E-state index in [1.165, 1.54) is 11.1 Å². The molecular formula is C24H26N4O3. The zero-order chi connectivity index (χ0) is 22.4. The number of likely N-dealkylation sites (N-methyl/N-ethyl adjacent to an activating group) is 1. The summed E-state index contributed by atoms with van der Waals surface area (Å²) in [5.74, 6) is 0.836. The maximum absolute atomic E-state index is 12.4. The summed E-state index contributed by atoms with van der Waals surface area (Å²) in [5.41, 5.74) is 4.36. The molecule has 0 bridgehead atoms. The van der Waals surface area contributed by atoms with Gasteiger partial charge in [0.25, 0.3) is 0 Å². The number of aromatic nitrogens is 1. The molecule has 1 aromatic heterocycles. The van der Waals surface area contributed by atoms with Crippen LogP contribution in [0.5, 0.6) is 11.6 Å². The van der Waals surface area contributed by atoms with E-state index in [2.05, 4.69) is 15.6 Å². The molecule has 0 spiro atoms. The number of nitrogens with one attached hydrogen (secondary N) is 2. The summed E-state index contributed by atoms with van der Waals surface area (Å²) in [6, 6.07) is 16.4. The number of nitrogens with zero attached hydrogens (tertiary/aromatic N) is 2. The van der Waals surface area contributed by atoms with Crippen LogP contribution < -0.4 is 15.4 Å². The molecule has 160 valence electrons. The Morgan fingerprint density at radius 3 is 2.23 bits per heavy atom. The van der Waals surface area contributed by atoms with E-state index in [0.717, 1.165) is 22.4 Å². The first-order valence-electron chi connectivity index (χ1n) is 9.90. The van der Waals surface area contributed by atoms with Crippen LogP contribution in [-0.4, -0.2) is 35.4 Å². The summed E-state index contributed by atoms with van der Waals surface area (Å²) in [6.07, 6.45) is 1.51. The molecule has 3 rings (SSSR count). The lowest BCUT2D eigenvalue weighted by Gasteiger charge is -2.18. The molecule has 1 heterocycles. The topological polar surface area (TPSA) is 83.6 Å². The maximum Gasteiger partial charge on any atom is 0.322 e. The lowest BCUT2D eigenvalue weighted by atomic mass is 10.1. The van der Waals surface area contributed by atoms with E-state index in [4.69, 9.17) is 4.74 Å². The summed E-state index contributed by atoms with van der Waals surface area (Å²) < 4.78 is 5.68. The fourth-order valence-corrected chi connectivity index (χ4v) is 2.94. The summed E-state index contributed by atoms with van der Waals surface area (Å²) in [5, 5.41) is 5.59. The first kappa shape index (κ1) is 21.8. The van der Waals surface area contributed by atoms with Crippen LogP contribution in [0.4, 0.5) is 16.2 Å². The van der Waals surface area contributed by atoms with Gasteiger partial charge in [0, 0.05) is 18.8 Å². The highest BCUT2D eigenvalue weighted by Crippen LogP contribution is 2.21. The number of hydrogen-bond acceptors (Lipinski definition) is 4. The van der Waals surface area contributed by atoms with Gasteiger partial charge in [0.2, 0.25) is 11.8 Å². The quantitative estimate of drug-likeness (QED) is 0.596. The predicted octanol–water partition coefficient (Wildman–Crippen LogP) is 4.90. The Bertz CT molecular complexity index is 1040. The monoisotopic (exact) mass is 418 g/mol. The van der Waals surface area contributed by atoms with Crippen LogP contribution in [0, 0.1) is 20.8 Å². The van der Waals surface area contributed by atoms with Crippen LogP contribution >= 0.6 is 0 Å². The Kier molecular flexibility index (Phi) is 6.87. The van der Waals surface area contributed by atoms with E-state index >= 15 is 0 Å². The van der Waals surface area contributed by atoms with E-state index in [1.54, 1.807) is 19.2 Å². The third-order valence-electron chi connectivity index (χ3n) is 4.70. The number of ether oxygens (including phenoxy) is 1. The van der Waals surface area contributed by atoms with Crippen molar-refractivity contribution in [2.24, 2.45) is 0 Å². The molecule has 2 aromatic carbocycles. The number of para-hydroxylation sites is 1. The van der Waals surface area contributed by atoms with Gasteiger partial charge in [0.05, 0.1) is 11.9 Å². The molecule has 0 aliphatic rings. The molecule has 7 heteroatoms. The fraction of sp³-hybridized carbons (Fsp3) is 0.208. The molecule has 0 aliphatic heterocycles. The summed E-state index contributed by atoms with van der Waals surface area (Å²) in [6.45, 7) is 5.78. The van der Waals surface area contributed by atoms with E-state index < -0.39 is 6.03 Å². The Labute approximate surface area is 182 Å². The van der Waals surface area contributed by atoms with E-state index in [9.17, 15) is 9.59 Å². The zero-order valence-corrected chi connectivity index (χ0v) is 18.1. The molecule has 0 unspecified atom stereocenters. The first-order valence-corrected chi connectivity index (χ1v) is 9.90. The number of hydrogen-bond donors (Lipinski definition) is 2. The molecule has 2 N–H and O–H groups in total. The molecule has 31 heavy (non-hydrogen) atoms. The second kappa shape index (κ2) is 9.75. The van der Waals surface area contributed by atoms with Gasteiger partial charge in [-0.1, -0.05) is 35.9 Å². The lowest BCUT2D eigenvalue weighted by molar-refractivity contribution is -0.116. The summed E-state index contributed by atoms with van der Waals surface area (Å²) >= 11 is 0. The summed E-state index contributed by atoms with van der Waals surface area (Å²) in [4.78, 5) is 30.3. The number of rotatable bonds is 6. The average Bonchev–Trinajstić information content (AvgIpc) is 2.74. The molecule has 0 saturated heterocycles. The Morgan fingerprint density at radius 2 is 1.61 bits per heavy atom. The van der Waals surface area contributed by atoms with Gasteiger partial charge in [-0.2, -0.15) is 0 Å². The standard InChI is InChI=1S/C24H26N4O3/c1-16-8-11-20(12-9-16)31-22-13-10-19(14-25-22)26-24(30)28(4)15-21(29)27-23-17(2)6-5-7-18(23)3/h5-14H,15H2,1-4H3,(H,26,30)(H,27,29). The van der Waals surface area contributed by atoms with Crippen LogP contribution in [0.3, 0.4) is 0 Å². The van der Waals surface area contributed by atoms with Crippen molar-refractivity contribution < 1.29 is 14.3 Å². The van der Waals surface area contributed by atoms with Crippen LogP contribution in [0.25, 0.3) is 0 Å². The Morgan fingerprint density at radius 1 is 0.935 bits per heavy atom. The minimum absolute atomic E-state index is 0.0817. The van der Waals surface area contributed by atoms with Crippen molar-refractivity contribution in [3.8, 4) is 11.6 Å². The molecule has 3 amide bonds. The fourth-order valence-electron chi connectivity index (χ4n) is 2.94. The van der Waals surface area contributed by atoms with Crippen molar-refractivity contribution >= 4 is 23.3 Å². The summed E-state index contributed by atoms with van der Waals surface area (Å²) in [7, 11) is 1.56. The van der Waals surface area contributed by atoms with Crippen LogP contribution in [0.15, 0.2) is 60.8 Å². The number of amides is 3. The number of anilines is 2. The lowest BCUT2D eigenvalue weighted by Crippen LogP contribution is -2.37. The second-order valence-corrected chi connectivity index (χ2v) is 7.40. The van der Waals surface area contributed by atoms with E-state index in [1.807, 2.05) is 63.2 Å². The molecule has 0 saturated carbocycles. The third-order valence-corrected chi connectivity index (χ3v) is 4.70. The van der Waals surface area contributed by atoms with Crippen LogP contribution in [-0.2, 0) is 4.79 Å². The normalized spacial score (nSPS) is 10.3. The molecule has 0 atom stereocenters. The molecule has 7 nitrogen and oxygen atoms in total. The highest BCUT2D eigenvalue weighted by atomic mass is 16.5. The van der Waals surface area contributed by atoms with E-state index in [0.29, 0.717) is 17.3 Å². The van der Waals surface area contributed by atoms with Gasteiger partial charge in [-0.3, -0.25) is 4.79 Å². The Balaban J connectivity index is 1.53.